The van der Waals surface area contributed by atoms with Crippen molar-refractivity contribution >= 4 is 18.0 Å². The summed E-state index contributed by atoms with van der Waals surface area (Å²) in [5, 5.41) is 17.3. The van der Waals surface area contributed by atoms with E-state index >= 15 is 0 Å². The summed E-state index contributed by atoms with van der Waals surface area (Å²) in [6, 6.07) is 6.49. The number of carboxylic acids is 2. The van der Waals surface area contributed by atoms with Gasteiger partial charge in [-0.15, -0.1) is 0 Å². The van der Waals surface area contributed by atoms with Crippen LogP contribution in [0.25, 0.3) is 6.08 Å². The van der Waals surface area contributed by atoms with Gasteiger partial charge in [0.05, 0.1) is 6.61 Å². The van der Waals surface area contributed by atoms with Gasteiger partial charge >= 0.3 is 11.9 Å². The van der Waals surface area contributed by atoms with Crippen molar-refractivity contribution in [3.8, 4) is 5.75 Å². The summed E-state index contributed by atoms with van der Waals surface area (Å²) in [5.74, 6) is -2.28. The number of carboxylic acid groups (broad SMARTS) is 2. The number of hydrogen-bond donors (Lipinski definition) is 2. The van der Waals surface area contributed by atoms with Crippen molar-refractivity contribution in [1.29, 1.82) is 0 Å². The summed E-state index contributed by atoms with van der Waals surface area (Å²) >= 11 is 0. The van der Waals surface area contributed by atoms with E-state index in [1.807, 2.05) is 6.92 Å². The zero-order chi connectivity index (χ0) is 12.8. The lowest BCUT2D eigenvalue weighted by Gasteiger charge is -2.02. The Hall–Kier alpha value is -2.30. The Bertz CT molecular complexity index is 428. The fourth-order valence-corrected chi connectivity index (χ4v) is 1.21. The number of ether oxygens (including phenoxy) is 1. The Kier molecular flexibility index (Phi) is 4.28. The van der Waals surface area contributed by atoms with Crippen LogP contribution in [-0.4, -0.2) is 28.8 Å². The summed E-state index contributed by atoms with van der Waals surface area (Å²) in [7, 11) is 0. The third-order valence-electron chi connectivity index (χ3n) is 1.96. The Morgan fingerprint density at radius 3 is 2.12 bits per heavy atom. The van der Waals surface area contributed by atoms with E-state index in [0.29, 0.717) is 17.9 Å². The van der Waals surface area contributed by atoms with Crippen LogP contribution in [0.15, 0.2) is 29.8 Å². The van der Waals surface area contributed by atoms with Gasteiger partial charge in [0.25, 0.3) is 0 Å². The molecule has 0 radical (unpaired) electrons. The first-order chi connectivity index (χ1) is 8.04. The molecule has 0 spiro atoms. The monoisotopic (exact) mass is 236 g/mol. The molecule has 0 unspecified atom stereocenters. The maximum atomic E-state index is 10.6. The van der Waals surface area contributed by atoms with Crippen LogP contribution in [0, 0.1) is 0 Å². The standard InChI is InChI=1S/C12H12O5/c1-2-17-9-5-3-8(4-6-9)7-10(11(13)14)12(15)16/h3-7H,2H2,1H3,(H,13,14)(H,15,16). The molecule has 90 valence electrons. The van der Waals surface area contributed by atoms with Gasteiger partial charge in [-0.3, -0.25) is 0 Å². The molecule has 17 heavy (non-hydrogen) atoms. The van der Waals surface area contributed by atoms with Crippen molar-refractivity contribution < 1.29 is 24.5 Å². The van der Waals surface area contributed by atoms with Crippen LogP contribution in [0.5, 0.6) is 5.75 Å². The molecule has 5 nitrogen and oxygen atoms in total. The molecule has 0 aliphatic heterocycles. The minimum atomic E-state index is -1.47. The summed E-state index contributed by atoms with van der Waals surface area (Å²) < 4.78 is 5.21. The summed E-state index contributed by atoms with van der Waals surface area (Å²) in [5.41, 5.74) is -0.178. The second-order valence-corrected chi connectivity index (χ2v) is 3.17. The molecule has 0 heterocycles. The van der Waals surface area contributed by atoms with E-state index in [1.165, 1.54) is 0 Å². The van der Waals surface area contributed by atoms with E-state index in [9.17, 15) is 9.59 Å². The number of hydrogen-bond acceptors (Lipinski definition) is 3. The minimum absolute atomic E-state index is 0.494. The summed E-state index contributed by atoms with van der Waals surface area (Å²) in [4.78, 5) is 21.3. The average Bonchev–Trinajstić information content (AvgIpc) is 2.27. The fourth-order valence-electron chi connectivity index (χ4n) is 1.21. The normalized spacial score (nSPS) is 9.47. The van der Waals surface area contributed by atoms with E-state index in [-0.39, 0.29) is 0 Å². The number of rotatable bonds is 5. The highest BCUT2D eigenvalue weighted by molar-refractivity contribution is 6.16. The van der Waals surface area contributed by atoms with E-state index in [1.54, 1.807) is 24.3 Å². The van der Waals surface area contributed by atoms with Crippen LogP contribution in [0.1, 0.15) is 12.5 Å². The van der Waals surface area contributed by atoms with E-state index in [2.05, 4.69) is 0 Å². The third kappa shape index (κ3) is 3.64. The second-order valence-electron chi connectivity index (χ2n) is 3.17. The predicted octanol–water partition coefficient (Wildman–Crippen LogP) is 1.64. The van der Waals surface area contributed by atoms with Crippen molar-refractivity contribution in [2.45, 2.75) is 6.92 Å². The van der Waals surface area contributed by atoms with Crippen LogP contribution >= 0.6 is 0 Å². The van der Waals surface area contributed by atoms with Gasteiger partial charge in [-0.1, -0.05) is 12.1 Å². The molecule has 0 aliphatic rings. The van der Waals surface area contributed by atoms with Gasteiger partial charge in [0.1, 0.15) is 11.3 Å². The van der Waals surface area contributed by atoms with Gasteiger partial charge in [-0.25, -0.2) is 9.59 Å². The largest absolute Gasteiger partial charge is 0.494 e. The molecule has 1 aromatic rings. The topological polar surface area (TPSA) is 83.8 Å². The highest BCUT2D eigenvalue weighted by Gasteiger charge is 2.15. The average molecular weight is 236 g/mol. The highest BCUT2D eigenvalue weighted by Crippen LogP contribution is 2.14. The molecule has 0 saturated heterocycles. The van der Waals surface area contributed by atoms with E-state index in [0.717, 1.165) is 6.08 Å². The lowest BCUT2D eigenvalue weighted by atomic mass is 10.1. The molecular formula is C12H12O5. The predicted molar refractivity (Wildman–Crippen MR) is 60.9 cm³/mol. The van der Waals surface area contributed by atoms with E-state index in [4.69, 9.17) is 14.9 Å². The van der Waals surface area contributed by atoms with Crippen molar-refractivity contribution in [3.05, 3.63) is 35.4 Å². The molecule has 0 saturated carbocycles. The Morgan fingerprint density at radius 1 is 1.18 bits per heavy atom. The molecule has 5 heteroatoms. The van der Waals surface area contributed by atoms with Crippen LogP contribution in [-0.2, 0) is 9.59 Å². The second kappa shape index (κ2) is 5.69. The van der Waals surface area contributed by atoms with Gasteiger partial charge in [0.2, 0.25) is 0 Å². The number of aliphatic carboxylic acids is 2. The fraction of sp³-hybridized carbons (Fsp3) is 0.167. The van der Waals surface area contributed by atoms with Crippen molar-refractivity contribution in [2.75, 3.05) is 6.61 Å². The maximum absolute atomic E-state index is 10.6. The van der Waals surface area contributed by atoms with Crippen LogP contribution in [0.2, 0.25) is 0 Å². The minimum Gasteiger partial charge on any atom is -0.494 e. The SMILES string of the molecule is CCOc1ccc(C=C(C(=O)O)C(=O)O)cc1. The molecule has 0 bridgehead atoms. The molecule has 1 aromatic carbocycles. The Balaban J connectivity index is 2.96. The first-order valence-corrected chi connectivity index (χ1v) is 4.95. The van der Waals surface area contributed by atoms with Gasteiger partial charge in [0, 0.05) is 0 Å². The molecule has 0 aliphatic carbocycles. The van der Waals surface area contributed by atoms with Crippen LogP contribution in [0.4, 0.5) is 0 Å². The highest BCUT2D eigenvalue weighted by atomic mass is 16.5. The van der Waals surface area contributed by atoms with Gasteiger partial charge in [-0.05, 0) is 30.7 Å². The summed E-state index contributed by atoms with van der Waals surface area (Å²) in [6.45, 7) is 2.38. The molecule has 0 fully saturated rings. The molecule has 0 atom stereocenters. The Morgan fingerprint density at radius 2 is 1.71 bits per heavy atom. The quantitative estimate of drug-likeness (QED) is 0.461. The van der Waals surface area contributed by atoms with Crippen molar-refractivity contribution in [3.63, 3.8) is 0 Å². The van der Waals surface area contributed by atoms with E-state index < -0.39 is 17.5 Å². The first-order valence-electron chi connectivity index (χ1n) is 4.95. The van der Waals surface area contributed by atoms with Gasteiger partial charge < -0.3 is 14.9 Å². The third-order valence-corrected chi connectivity index (χ3v) is 1.96. The molecule has 1 rings (SSSR count). The molecular weight excluding hydrogens is 224 g/mol. The van der Waals surface area contributed by atoms with Crippen LogP contribution < -0.4 is 4.74 Å². The molecule has 0 amide bonds. The van der Waals surface area contributed by atoms with Crippen molar-refractivity contribution in [1.82, 2.24) is 0 Å². The number of carbonyl (C=O) groups is 2. The molecule has 0 aromatic heterocycles. The van der Waals surface area contributed by atoms with Gasteiger partial charge in [-0.2, -0.15) is 0 Å². The lowest BCUT2D eigenvalue weighted by Crippen LogP contribution is -2.10. The zero-order valence-corrected chi connectivity index (χ0v) is 9.21. The first kappa shape index (κ1) is 12.8. The van der Waals surface area contributed by atoms with Crippen molar-refractivity contribution in [2.24, 2.45) is 0 Å². The Labute approximate surface area is 98.0 Å². The smallest absolute Gasteiger partial charge is 0.343 e. The summed E-state index contributed by atoms with van der Waals surface area (Å²) in [6.07, 6.45) is 1.10. The maximum Gasteiger partial charge on any atom is 0.343 e. The lowest BCUT2D eigenvalue weighted by molar-refractivity contribution is -0.139. The van der Waals surface area contributed by atoms with Crippen LogP contribution in [0.3, 0.4) is 0 Å². The number of benzene rings is 1. The zero-order valence-electron chi connectivity index (χ0n) is 9.21. The molecule has 2 N–H and O–H groups in total. The van der Waals surface area contributed by atoms with Gasteiger partial charge in [0.15, 0.2) is 0 Å².